The second kappa shape index (κ2) is 7.42. The third-order valence-electron chi connectivity index (χ3n) is 6.31. The van der Waals surface area contributed by atoms with Gasteiger partial charge in [0.05, 0.1) is 5.60 Å². The van der Waals surface area contributed by atoms with Gasteiger partial charge < -0.3 is 15.1 Å². The molecule has 2 aromatic rings. The van der Waals surface area contributed by atoms with E-state index < -0.39 is 5.60 Å². The minimum absolute atomic E-state index is 0.333. The molecule has 138 valence electrons. The van der Waals surface area contributed by atoms with E-state index in [4.69, 9.17) is 0 Å². The molecule has 2 aromatic carbocycles. The highest BCUT2D eigenvalue weighted by Crippen LogP contribution is 2.45. The molecule has 2 aliphatic rings. The molecule has 1 aliphatic heterocycles. The molecule has 3 nitrogen and oxygen atoms in total. The normalized spacial score (nSPS) is 28.3. The van der Waals surface area contributed by atoms with Crippen LogP contribution >= 0.6 is 0 Å². The topological polar surface area (TPSA) is 43.7 Å². The molecule has 4 rings (SSSR count). The average molecular weight is 351 g/mol. The molecule has 26 heavy (non-hydrogen) atoms. The van der Waals surface area contributed by atoms with Crippen molar-refractivity contribution in [1.29, 1.82) is 0 Å². The van der Waals surface area contributed by atoms with Gasteiger partial charge in [-0.2, -0.15) is 0 Å². The predicted octanol–water partition coefficient (Wildman–Crippen LogP) is 3.64. The summed E-state index contributed by atoms with van der Waals surface area (Å²) in [4.78, 5) is 2.55. The van der Waals surface area contributed by atoms with Gasteiger partial charge in [-0.3, -0.25) is 0 Å². The summed E-state index contributed by atoms with van der Waals surface area (Å²) >= 11 is 0. The molecule has 3 heteroatoms. The molecule has 0 spiro atoms. The molecule has 0 aromatic heterocycles. The van der Waals surface area contributed by atoms with Crippen LogP contribution in [0, 0.1) is 11.8 Å². The summed E-state index contributed by atoms with van der Waals surface area (Å²) in [6.07, 6.45) is 4.80. The summed E-state index contributed by atoms with van der Waals surface area (Å²) in [5.41, 5.74) is 2.14. The average Bonchev–Trinajstić information content (AvgIpc) is 3.15. The van der Waals surface area contributed by atoms with Crippen LogP contribution in [0.5, 0.6) is 5.75 Å². The van der Waals surface area contributed by atoms with Crippen molar-refractivity contribution in [2.24, 2.45) is 11.8 Å². The predicted molar refractivity (Wildman–Crippen MR) is 104 cm³/mol. The Morgan fingerprint density at radius 1 is 0.846 bits per heavy atom. The molecule has 0 radical (unpaired) electrons. The van der Waals surface area contributed by atoms with Gasteiger partial charge >= 0.3 is 0 Å². The zero-order valence-corrected chi connectivity index (χ0v) is 15.3. The number of aromatic hydroxyl groups is 1. The van der Waals surface area contributed by atoms with Gasteiger partial charge in [0.25, 0.3) is 0 Å². The third-order valence-corrected chi connectivity index (χ3v) is 6.31. The Labute approximate surface area is 156 Å². The Morgan fingerprint density at radius 2 is 1.46 bits per heavy atom. The highest BCUT2D eigenvalue weighted by atomic mass is 16.3. The smallest absolute Gasteiger partial charge is 0.115 e. The Kier molecular flexibility index (Phi) is 5.01. The fraction of sp³-hybridized carbons (Fsp3) is 0.478. The molecule has 1 saturated carbocycles. The fourth-order valence-electron chi connectivity index (χ4n) is 4.92. The molecule has 1 aliphatic carbocycles. The molecule has 0 bridgehead atoms. The van der Waals surface area contributed by atoms with Crippen LogP contribution in [0.3, 0.4) is 0 Å². The monoisotopic (exact) mass is 351 g/mol. The molecule has 2 fully saturated rings. The number of rotatable bonds is 6. The lowest BCUT2D eigenvalue weighted by molar-refractivity contribution is 0.0270. The van der Waals surface area contributed by atoms with E-state index >= 15 is 0 Å². The molecule has 1 unspecified atom stereocenters. The van der Waals surface area contributed by atoms with E-state index in [2.05, 4.69) is 29.2 Å². The van der Waals surface area contributed by atoms with E-state index in [0.29, 0.717) is 17.6 Å². The van der Waals surface area contributed by atoms with Crippen LogP contribution in [-0.2, 0) is 12.8 Å². The largest absolute Gasteiger partial charge is 0.508 e. The van der Waals surface area contributed by atoms with Crippen LogP contribution in [-0.4, -0.2) is 40.3 Å². The lowest BCUT2D eigenvalue weighted by atomic mass is 9.91. The maximum absolute atomic E-state index is 11.0. The second-order valence-electron chi connectivity index (χ2n) is 8.31. The van der Waals surface area contributed by atoms with E-state index in [-0.39, 0.29) is 0 Å². The molecule has 0 amide bonds. The first-order valence-electron chi connectivity index (χ1n) is 9.86. The van der Waals surface area contributed by atoms with Crippen LogP contribution in [0.4, 0.5) is 0 Å². The first-order valence-corrected chi connectivity index (χ1v) is 9.86. The maximum Gasteiger partial charge on any atom is 0.115 e. The number of aryl methyl sites for hydroxylation is 1. The Hall–Kier alpha value is -1.84. The summed E-state index contributed by atoms with van der Waals surface area (Å²) in [5.74, 6) is 1.63. The summed E-state index contributed by atoms with van der Waals surface area (Å²) in [6, 6.07) is 18.1. The van der Waals surface area contributed by atoms with Crippen LogP contribution in [0.15, 0.2) is 54.6 Å². The van der Waals surface area contributed by atoms with E-state index in [0.717, 1.165) is 51.7 Å². The minimum Gasteiger partial charge on any atom is -0.508 e. The molecule has 2 N–H and O–H groups in total. The Balaban J connectivity index is 1.25. The number of phenolic OH excluding ortho intramolecular Hbond substituents is 1. The van der Waals surface area contributed by atoms with Crippen LogP contribution in [0.25, 0.3) is 0 Å². The van der Waals surface area contributed by atoms with Crippen molar-refractivity contribution in [1.82, 2.24) is 4.90 Å². The number of phenols is 1. The first kappa shape index (κ1) is 17.6. The molecule has 3 atom stereocenters. The number of fused-ring (bicyclic) bond motifs is 1. The first-order chi connectivity index (χ1) is 12.6. The number of aliphatic hydroxyl groups is 1. The molecule has 1 saturated heterocycles. The van der Waals surface area contributed by atoms with Crippen molar-refractivity contribution in [3.05, 3.63) is 65.7 Å². The van der Waals surface area contributed by atoms with Crippen LogP contribution < -0.4 is 0 Å². The van der Waals surface area contributed by atoms with Gasteiger partial charge in [0.15, 0.2) is 0 Å². The van der Waals surface area contributed by atoms with Gasteiger partial charge in [-0.15, -0.1) is 0 Å². The molecule has 1 heterocycles. The van der Waals surface area contributed by atoms with Crippen molar-refractivity contribution in [2.45, 2.75) is 37.7 Å². The molecular weight excluding hydrogens is 322 g/mol. The second-order valence-corrected chi connectivity index (χ2v) is 8.31. The van der Waals surface area contributed by atoms with E-state index in [1.165, 1.54) is 11.1 Å². The van der Waals surface area contributed by atoms with Crippen molar-refractivity contribution in [3.63, 3.8) is 0 Å². The molecular formula is C23H29NO2. The van der Waals surface area contributed by atoms with E-state index in [9.17, 15) is 10.2 Å². The van der Waals surface area contributed by atoms with Gasteiger partial charge in [0.2, 0.25) is 0 Å². The van der Waals surface area contributed by atoms with Gasteiger partial charge in [-0.25, -0.2) is 0 Å². The number of likely N-dealkylation sites (tertiary alicyclic amines) is 1. The maximum atomic E-state index is 11.0. The summed E-state index contributed by atoms with van der Waals surface area (Å²) < 4.78 is 0. The van der Waals surface area contributed by atoms with Crippen LogP contribution in [0.1, 0.15) is 30.4 Å². The Morgan fingerprint density at radius 3 is 2.12 bits per heavy atom. The van der Waals surface area contributed by atoms with Gasteiger partial charge in [-0.1, -0.05) is 42.5 Å². The number of hydrogen-bond acceptors (Lipinski definition) is 3. The van der Waals surface area contributed by atoms with Crippen molar-refractivity contribution < 1.29 is 10.2 Å². The summed E-state index contributed by atoms with van der Waals surface area (Å²) in [5, 5.41) is 20.4. The van der Waals surface area contributed by atoms with Crippen molar-refractivity contribution in [3.8, 4) is 5.75 Å². The number of benzene rings is 2. The number of nitrogens with zero attached hydrogens (tertiary/aromatic N) is 1. The third kappa shape index (κ3) is 4.11. The zero-order chi connectivity index (χ0) is 18.0. The zero-order valence-electron chi connectivity index (χ0n) is 15.3. The van der Waals surface area contributed by atoms with E-state index in [1.807, 2.05) is 18.2 Å². The highest BCUT2D eigenvalue weighted by molar-refractivity contribution is 5.26. The minimum atomic E-state index is -0.464. The van der Waals surface area contributed by atoms with E-state index in [1.54, 1.807) is 12.1 Å². The summed E-state index contributed by atoms with van der Waals surface area (Å²) in [6.45, 7) is 3.31. The lowest BCUT2D eigenvalue weighted by Gasteiger charge is -2.26. The van der Waals surface area contributed by atoms with Gasteiger partial charge in [-0.05, 0) is 67.2 Å². The quantitative estimate of drug-likeness (QED) is 0.835. The lowest BCUT2D eigenvalue weighted by Crippen LogP contribution is -2.31. The SMILES string of the molecule is Oc1ccc(CCN2C[C@@H]3CC(O)(CCc4ccccc4)C[C@@H]3C2)cc1. The van der Waals surface area contributed by atoms with Crippen molar-refractivity contribution >= 4 is 0 Å². The van der Waals surface area contributed by atoms with Crippen molar-refractivity contribution in [2.75, 3.05) is 19.6 Å². The highest BCUT2D eigenvalue weighted by Gasteiger charge is 2.47. The van der Waals surface area contributed by atoms with Crippen LogP contribution in [0.2, 0.25) is 0 Å². The number of hydrogen-bond donors (Lipinski definition) is 2. The van der Waals surface area contributed by atoms with Gasteiger partial charge in [0.1, 0.15) is 5.75 Å². The standard InChI is InChI=1S/C23H29NO2/c25-22-8-6-19(7-9-22)11-13-24-16-20-14-23(26,15-21(20)17-24)12-10-18-4-2-1-3-5-18/h1-9,20-21,25-26H,10-17H2/t20-,21+,23?. The fourth-order valence-corrected chi connectivity index (χ4v) is 4.92. The van der Waals surface area contributed by atoms with Gasteiger partial charge in [0, 0.05) is 19.6 Å². The summed E-state index contributed by atoms with van der Waals surface area (Å²) in [7, 11) is 0. The Bertz CT molecular complexity index is 699.